The fourth-order valence-corrected chi connectivity index (χ4v) is 3.61. The molecule has 9 nitrogen and oxygen atoms in total. The van der Waals surface area contributed by atoms with E-state index in [2.05, 4.69) is 20.6 Å². The quantitative estimate of drug-likeness (QED) is 0.471. The number of anilines is 2. The van der Waals surface area contributed by atoms with Gasteiger partial charge in [0.15, 0.2) is 11.7 Å². The van der Waals surface area contributed by atoms with Crippen LogP contribution in [0.25, 0.3) is 6.08 Å². The molecule has 0 fully saturated rings. The highest BCUT2D eigenvalue weighted by atomic mass is 32.2. The van der Waals surface area contributed by atoms with Crippen molar-refractivity contribution in [2.75, 3.05) is 16.0 Å². The van der Waals surface area contributed by atoms with E-state index in [-0.39, 0.29) is 29.1 Å². The van der Waals surface area contributed by atoms with Crippen molar-refractivity contribution < 1.29 is 18.8 Å². The number of rotatable bonds is 6. The van der Waals surface area contributed by atoms with E-state index in [1.54, 1.807) is 41.5 Å². The highest BCUT2D eigenvalue weighted by molar-refractivity contribution is 8.14. The number of nitrogens with one attached hydrogen (secondary N) is 1. The number of nitrogens with zero attached hydrogens (tertiary/aromatic N) is 5. The molecule has 1 aliphatic rings. The molecule has 0 bridgehead atoms. The zero-order valence-corrected chi connectivity index (χ0v) is 17.5. The second kappa shape index (κ2) is 9.35. The summed E-state index contributed by atoms with van der Waals surface area (Å²) in [5.74, 6) is -0.246. The molecule has 0 saturated carbocycles. The molecule has 3 aromatic rings. The van der Waals surface area contributed by atoms with E-state index in [1.165, 1.54) is 16.7 Å². The minimum Gasteiger partial charge on any atom is -0.288 e. The van der Waals surface area contributed by atoms with Gasteiger partial charge in [-0.1, -0.05) is 34.6 Å². The van der Waals surface area contributed by atoms with Gasteiger partial charge in [-0.2, -0.15) is 0 Å². The predicted molar refractivity (Wildman–Crippen MR) is 117 cm³/mol. The number of hydrogen-bond acceptors (Lipinski definition) is 7. The Morgan fingerprint density at radius 3 is 2.71 bits per heavy atom. The minimum atomic E-state index is -0.292. The number of aromatic nitrogens is 3. The molecule has 4 rings (SSSR count). The zero-order chi connectivity index (χ0) is 21.6. The molecule has 0 atom stereocenters. The second-order valence-corrected chi connectivity index (χ2v) is 7.38. The van der Waals surface area contributed by atoms with Crippen molar-refractivity contribution in [2.45, 2.75) is 13.5 Å². The first-order chi connectivity index (χ1) is 15.1. The summed E-state index contributed by atoms with van der Waals surface area (Å²) in [7, 11) is 0. The summed E-state index contributed by atoms with van der Waals surface area (Å²) >= 11 is 1.17. The van der Waals surface area contributed by atoms with Crippen LogP contribution in [0, 0.1) is 0 Å². The van der Waals surface area contributed by atoms with Crippen LogP contribution in [0.1, 0.15) is 12.5 Å². The molecule has 10 heteroatoms. The Hall–Kier alpha value is -3.79. The van der Waals surface area contributed by atoms with Crippen molar-refractivity contribution in [3.63, 3.8) is 0 Å². The Labute approximate surface area is 182 Å². The Morgan fingerprint density at radius 2 is 2.00 bits per heavy atom. The maximum Gasteiger partial charge on any atom is 0.302 e. The molecule has 3 heterocycles. The van der Waals surface area contributed by atoms with Gasteiger partial charge in [-0.3, -0.25) is 29.3 Å². The molecule has 156 valence electrons. The molecular formula is C21H19N6O3S+. The number of aryl methyl sites for hydroxylation is 1. The number of para-hydroxylation sites is 1. The number of aliphatic imine (C=N–C) groups is 1. The lowest BCUT2D eigenvalue weighted by atomic mass is 10.2. The van der Waals surface area contributed by atoms with Crippen LogP contribution in [0.5, 0.6) is 0 Å². The zero-order valence-electron chi connectivity index (χ0n) is 16.6. The van der Waals surface area contributed by atoms with E-state index in [9.17, 15) is 9.59 Å². The third-order valence-electron chi connectivity index (χ3n) is 4.28. The molecule has 1 N–H and O–H groups in total. The fourth-order valence-electron chi connectivity index (χ4n) is 2.80. The van der Waals surface area contributed by atoms with Crippen molar-refractivity contribution in [1.29, 1.82) is 0 Å². The summed E-state index contributed by atoms with van der Waals surface area (Å²) in [5, 5.41) is 6.84. The van der Waals surface area contributed by atoms with Crippen molar-refractivity contribution in [1.82, 2.24) is 10.3 Å². The SMILES string of the molecule is CC[n+]1cc(NC(=O)CSC2=N/C(=C/c3ccncc3)C(=O)N2c2ccccc2)on1. The van der Waals surface area contributed by atoms with Gasteiger partial charge in [0, 0.05) is 12.4 Å². The van der Waals surface area contributed by atoms with E-state index >= 15 is 0 Å². The van der Waals surface area contributed by atoms with Crippen molar-refractivity contribution >= 4 is 46.4 Å². The number of hydrogen-bond donors (Lipinski definition) is 1. The second-order valence-electron chi connectivity index (χ2n) is 6.44. The predicted octanol–water partition coefficient (Wildman–Crippen LogP) is 2.49. The molecule has 0 aliphatic carbocycles. The lowest BCUT2D eigenvalue weighted by Gasteiger charge is -2.17. The summed E-state index contributed by atoms with van der Waals surface area (Å²) in [6, 6.07) is 12.8. The molecule has 0 saturated heterocycles. The fraction of sp³-hybridized carbons (Fsp3) is 0.143. The normalized spacial score (nSPS) is 14.7. The highest BCUT2D eigenvalue weighted by Gasteiger charge is 2.32. The summed E-state index contributed by atoms with van der Waals surface area (Å²) in [4.78, 5) is 35.4. The van der Waals surface area contributed by atoms with Gasteiger partial charge in [0.25, 0.3) is 12.1 Å². The van der Waals surface area contributed by atoms with Crippen LogP contribution >= 0.6 is 11.8 Å². The summed E-state index contributed by atoms with van der Waals surface area (Å²) in [6.07, 6.45) is 6.60. The maximum absolute atomic E-state index is 13.1. The number of amidine groups is 1. The molecule has 1 aromatic carbocycles. The third kappa shape index (κ3) is 4.86. The van der Waals surface area contributed by atoms with Gasteiger partial charge >= 0.3 is 5.88 Å². The van der Waals surface area contributed by atoms with Gasteiger partial charge in [-0.25, -0.2) is 4.99 Å². The molecular weight excluding hydrogens is 416 g/mol. The van der Waals surface area contributed by atoms with Crippen LogP contribution in [0.3, 0.4) is 0 Å². The Balaban J connectivity index is 1.53. The van der Waals surface area contributed by atoms with Crippen molar-refractivity contribution in [3.8, 4) is 0 Å². The topological polar surface area (TPSA) is 105 Å². The first kappa shape index (κ1) is 20.5. The van der Waals surface area contributed by atoms with Crippen molar-refractivity contribution in [3.05, 3.63) is 72.3 Å². The van der Waals surface area contributed by atoms with Gasteiger partial charge in [0.1, 0.15) is 5.70 Å². The average Bonchev–Trinajstić information content (AvgIpc) is 3.37. The van der Waals surface area contributed by atoms with Gasteiger partial charge in [0.05, 0.1) is 11.4 Å². The van der Waals surface area contributed by atoms with Crippen molar-refractivity contribution in [2.24, 2.45) is 4.99 Å². The van der Waals surface area contributed by atoms with E-state index < -0.39 is 0 Å². The molecule has 1 aliphatic heterocycles. The molecule has 2 amide bonds. The molecule has 0 spiro atoms. The number of amides is 2. The molecule has 31 heavy (non-hydrogen) atoms. The first-order valence-electron chi connectivity index (χ1n) is 9.53. The number of carbonyl (C=O) groups excluding carboxylic acids is 2. The Kier molecular flexibility index (Phi) is 6.18. The van der Waals surface area contributed by atoms with Gasteiger partial charge in [0.2, 0.25) is 11.2 Å². The number of carbonyl (C=O) groups is 2. The van der Waals surface area contributed by atoms with Crippen LogP contribution in [0.15, 0.2) is 76.3 Å². The van der Waals surface area contributed by atoms with Gasteiger partial charge < -0.3 is 0 Å². The Morgan fingerprint density at radius 1 is 1.23 bits per heavy atom. The third-order valence-corrected chi connectivity index (χ3v) is 5.22. The van der Waals surface area contributed by atoms with Crippen LogP contribution in [0.4, 0.5) is 11.6 Å². The van der Waals surface area contributed by atoms with Crippen LogP contribution < -0.4 is 14.9 Å². The first-order valence-corrected chi connectivity index (χ1v) is 10.5. The van der Waals surface area contributed by atoms with E-state index in [4.69, 9.17) is 4.52 Å². The lowest BCUT2D eigenvalue weighted by molar-refractivity contribution is -0.759. The number of benzene rings is 1. The summed E-state index contributed by atoms with van der Waals surface area (Å²) in [6.45, 7) is 2.54. The summed E-state index contributed by atoms with van der Waals surface area (Å²) < 4.78 is 6.62. The van der Waals surface area contributed by atoms with Gasteiger partial charge in [-0.15, -0.1) is 0 Å². The number of pyridine rings is 1. The largest absolute Gasteiger partial charge is 0.302 e. The minimum absolute atomic E-state index is 0.0464. The monoisotopic (exact) mass is 435 g/mol. The van der Waals surface area contributed by atoms with Gasteiger partial charge in [-0.05, 0) is 42.8 Å². The maximum atomic E-state index is 13.1. The molecule has 0 unspecified atom stereocenters. The average molecular weight is 435 g/mol. The van der Waals surface area contributed by atoms with Crippen LogP contribution in [-0.2, 0) is 16.1 Å². The highest BCUT2D eigenvalue weighted by Crippen LogP contribution is 2.29. The molecule has 2 aromatic heterocycles. The lowest BCUT2D eigenvalue weighted by Crippen LogP contribution is -2.33. The van der Waals surface area contributed by atoms with Crippen LogP contribution in [0.2, 0.25) is 0 Å². The number of thioether (sulfide) groups is 1. The standard InChI is InChI=1S/C21H18N6O3S/c1-2-26-13-19(30-25-26)24-18(28)14-31-21-23-17(12-15-8-10-22-11-9-15)20(29)27(21)16-6-4-3-5-7-16/h3-13H,2,14H2,1H3/p+1/b17-12+. The molecule has 0 radical (unpaired) electrons. The smallest absolute Gasteiger partial charge is 0.288 e. The van der Waals surface area contributed by atoms with Crippen LogP contribution in [-0.4, -0.2) is 33.0 Å². The van der Waals surface area contributed by atoms with E-state index in [0.717, 1.165) is 5.56 Å². The van der Waals surface area contributed by atoms with E-state index in [1.807, 2.05) is 37.3 Å². The Bertz CT molecular complexity index is 1140. The van der Waals surface area contributed by atoms with E-state index in [0.29, 0.717) is 17.4 Å². The summed E-state index contributed by atoms with van der Waals surface area (Å²) in [5.41, 5.74) is 1.78.